The van der Waals surface area contributed by atoms with Gasteiger partial charge in [-0.3, -0.25) is 4.79 Å². The Labute approximate surface area is 125 Å². The number of rotatable bonds is 3. The zero-order valence-electron chi connectivity index (χ0n) is 12.1. The molecule has 0 saturated carbocycles. The van der Waals surface area contributed by atoms with Crippen LogP contribution in [0.2, 0.25) is 0 Å². The number of hydrogen-bond donors (Lipinski definition) is 0. The summed E-state index contributed by atoms with van der Waals surface area (Å²) in [6, 6.07) is 10.3. The first-order valence-electron chi connectivity index (χ1n) is 6.58. The maximum Gasteiger partial charge on any atom is 0.193 e. The molecule has 1 heterocycles. The number of fused-ring (bicyclic) bond motifs is 1. The van der Waals surface area contributed by atoms with E-state index < -0.39 is 5.82 Å². The average molecular weight is 300 g/mol. The van der Waals surface area contributed by atoms with Crippen molar-refractivity contribution in [1.29, 1.82) is 0 Å². The number of ether oxygens (including phenoxy) is 2. The molecule has 0 aliphatic rings. The van der Waals surface area contributed by atoms with Crippen molar-refractivity contribution in [1.82, 2.24) is 0 Å². The van der Waals surface area contributed by atoms with Crippen LogP contribution in [-0.2, 0) is 0 Å². The van der Waals surface area contributed by atoms with Gasteiger partial charge in [-0.05, 0) is 36.4 Å². The van der Waals surface area contributed by atoms with Crippen molar-refractivity contribution >= 4 is 11.0 Å². The minimum absolute atomic E-state index is 0.200. The maximum absolute atomic E-state index is 13.2. The van der Waals surface area contributed by atoms with Crippen molar-refractivity contribution in [3.8, 4) is 22.8 Å². The van der Waals surface area contributed by atoms with E-state index in [9.17, 15) is 9.18 Å². The van der Waals surface area contributed by atoms with E-state index in [-0.39, 0.29) is 10.8 Å². The molecule has 0 N–H and O–H groups in total. The first-order chi connectivity index (χ1) is 10.6. The molecule has 3 rings (SSSR count). The van der Waals surface area contributed by atoms with E-state index in [1.165, 1.54) is 25.3 Å². The lowest BCUT2D eigenvalue weighted by Gasteiger charge is -2.10. The zero-order chi connectivity index (χ0) is 15.7. The second-order valence-electron chi connectivity index (χ2n) is 4.68. The molecule has 22 heavy (non-hydrogen) atoms. The van der Waals surface area contributed by atoms with E-state index in [2.05, 4.69) is 0 Å². The molecule has 1 aromatic heterocycles. The Hall–Kier alpha value is -2.82. The average Bonchev–Trinajstić information content (AvgIpc) is 2.54. The van der Waals surface area contributed by atoms with Crippen LogP contribution in [0.1, 0.15) is 0 Å². The van der Waals surface area contributed by atoms with Gasteiger partial charge >= 0.3 is 0 Å². The summed E-state index contributed by atoms with van der Waals surface area (Å²) < 4.78 is 29.4. The second kappa shape index (κ2) is 5.52. The summed E-state index contributed by atoms with van der Waals surface area (Å²) >= 11 is 0. The molecule has 2 aromatic carbocycles. The van der Waals surface area contributed by atoms with E-state index >= 15 is 0 Å². The van der Waals surface area contributed by atoms with Crippen LogP contribution in [0.25, 0.3) is 22.3 Å². The summed E-state index contributed by atoms with van der Waals surface area (Å²) in [5.74, 6) is 1.01. The van der Waals surface area contributed by atoms with Crippen LogP contribution in [0, 0.1) is 5.82 Å². The van der Waals surface area contributed by atoms with Gasteiger partial charge in [-0.15, -0.1) is 0 Å². The highest BCUT2D eigenvalue weighted by Crippen LogP contribution is 2.34. The fourth-order valence-corrected chi connectivity index (χ4v) is 2.27. The Morgan fingerprint density at radius 3 is 2.55 bits per heavy atom. The maximum atomic E-state index is 13.2. The van der Waals surface area contributed by atoms with Crippen LogP contribution in [0.15, 0.2) is 51.7 Å². The minimum atomic E-state index is -0.480. The van der Waals surface area contributed by atoms with Crippen LogP contribution < -0.4 is 14.9 Å². The molecular weight excluding hydrogens is 287 g/mol. The van der Waals surface area contributed by atoms with E-state index in [1.54, 1.807) is 25.3 Å². The van der Waals surface area contributed by atoms with Gasteiger partial charge < -0.3 is 13.9 Å². The molecule has 0 bridgehead atoms. The summed E-state index contributed by atoms with van der Waals surface area (Å²) in [7, 11) is 3.07. The molecule has 0 spiro atoms. The topological polar surface area (TPSA) is 48.7 Å². The summed E-state index contributed by atoms with van der Waals surface area (Å²) in [6.45, 7) is 0. The Balaban J connectivity index is 2.26. The molecule has 3 aromatic rings. The summed E-state index contributed by atoms with van der Waals surface area (Å²) in [5, 5.41) is 0.200. The fourth-order valence-electron chi connectivity index (χ4n) is 2.27. The van der Waals surface area contributed by atoms with E-state index in [0.717, 1.165) is 6.07 Å². The lowest BCUT2D eigenvalue weighted by molar-refractivity contribution is 0.403. The van der Waals surface area contributed by atoms with Crippen molar-refractivity contribution in [2.45, 2.75) is 0 Å². The zero-order valence-corrected chi connectivity index (χ0v) is 12.1. The highest BCUT2D eigenvalue weighted by atomic mass is 19.1. The summed E-state index contributed by atoms with van der Waals surface area (Å²) in [6.07, 6.45) is 0. The third kappa shape index (κ3) is 2.41. The Morgan fingerprint density at radius 2 is 1.82 bits per heavy atom. The largest absolute Gasteiger partial charge is 0.497 e. The van der Waals surface area contributed by atoms with Gasteiger partial charge in [0.25, 0.3) is 0 Å². The van der Waals surface area contributed by atoms with Gasteiger partial charge in [-0.1, -0.05) is 0 Å². The fraction of sp³-hybridized carbons (Fsp3) is 0.118. The highest BCUT2D eigenvalue weighted by molar-refractivity contribution is 5.79. The molecule has 0 saturated heterocycles. The first-order valence-corrected chi connectivity index (χ1v) is 6.58. The number of methoxy groups -OCH3 is 2. The molecule has 0 atom stereocenters. The Bertz CT molecular complexity index is 899. The molecule has 0 aliphatic carbocycles. The van der Waals surface area contributed by atoms with Crippen molar-refractivity contribution in [2.75, 3.05) is 14.2 Å². The van der Waals surface area contributed by atoms with Crippen molar-refractivity contribution in [2.24, 2.45) is 0 Å². The van der Waals surface area contributed by atoms with Gasteiger partial charge in [0.15, 0.2) is 5.43 Å². The summed E-state index contributed by atoms with van der Waals surface area (Å²) in [5.41, 5.74) is 0.583. The first kappa shape index (κ1) is 14.1. The molecule has 0 aliphatic heterocycles. The SMILES string of the molecule is COc1ccc(OC)c(-c2cc(=O)c3cc(F)ccc3o2)c1. The van der Waals surface area contributed by atoms with Crippen LogP contribution >= 0.6 is 0 Å². The lowest BCUT2D eigenvalue weighted by Crippen LogP contribution is -2.01. The van der Waals surface area contributed by atoms with Gasteiger partial charge in [0.05, 0.1) is 25.2 Å². The molecule has 5 heteroatoms. The van der Waals surface area contributed by atoms with E-state index in [4.69, 9.17) is 13.9 Å². The monoisotopic (exact) mass is 300 g/mol. The van der Waals surface area contributed by atoms with Gasteiger partial charge in [-0.25, -0.2) is 4.39 Å². The van der Waals surface area contributed by atoms with Gasteiger partial charge in [0.2, 0.25) is 0 Å². The highest BCUT2D eigenvalue weighted by Gasteiger charge is 2.13. The third-order valence-corrected chi connectivity index (χ3v) is 3.36. The Kier molecular flexibility index (Phi) is 3.55. The molecule has 112 valence electrons. The van der Waals surface area contributed by atoms with Crippen LogP contribution in [0.5, 0.6) is 11.5 Å². The third-order valence-electron chi connectivity index (χ3n) is 3.36. The number of hydrogen-bond acceptors (Lipinski definition) is 4. The second-order valence-corrected chi connectivity index (χ2v) is 4.68. The standard InChI is InChI=1S/C17H13FO4/c1-20-11-4-6-15(21-2)13(8-11)17-9-14(19)12-7-10(18)3-5-16(12)22-17/h3-9H,1-2H3. The quantitative estimate of drug-likeness (QED) is 0.741. The molecular formula is C17H13FO4. The lowest BCUT2D eigenvalue weighted by atomic mass is 10.1. The smallest absolute Gasteiger partial charge is 0.193 e. The predicted octanol–water partition coefficient (Wildman–Crippen LogP) is 3.62. The molecule has 0 fully saturated rings. The van der Waals surface area contributed by atoms with Gasteiger partial charge in [0.1, 0.15) is 28.7 Å². The minimum Gasteiger partial charge on any atom is -0.497 e. The normalized spacial score (nSPS) is 10.7. The molecule has 4 nitrogen and oxygen atoms in total. The van der Waals surface area contributed by atoms with Crippen molar-refractivity contribution in [3.05, 3.63) is 58.5 Å². The number of halogens is 1. The van der Waals surface area contributed by atoms with E-state index in [0.29, 0.717) is 28.4 Å². The molecule has 0 unspecified atom stereocenters. The summed E-state index contributed by atoms with van der Waals surface area (Å²) in [4.78, 5) is 12.2. The number of benzene rings is 2. The van der Waals surface area contributed by atoms with Gasteiger partial charge in [0, 0.05) is 6.07 Å². The van der Waals surface area contributed by atoms with Crippen LogP contribution in [-0.4, -0.2) is 14.2 Å². The molecule has 0 radical (unpaired) electrons. The van der Waals surface area contributed by atoms with Crippen LogP contribution in [0.3, 0.4) is 0 Å². The Morgan fingerprint density at radius 1 is 1.00 bits per heavy atom. The predicted molar refractivity (Wildman–Crippen MR) is 81.0 cm³/mol. The van der Waals surface area contributed by atoms with Crippen molar-refractivity contribution in [3.63, 3.8) is 0 Å². The molecule has 0 amide bonds. The van der Waals surface area contributed by atoms with Crippen molar-refractivity contribution < 1.29 is 18.3 Å². The van der Waals surface area contributed by atoms with Crippen LogP contribution in [0.4, 0.5) is 4.39 Å². The van der Waals surface area contributed by atoms with Gasteiger partial charge in [-0.2, -0.15) is 0 Å². The van der Waals surface area contributed by atoms with E-state index in [1.807, 2.05) is 0 Å².